The van der Waals surface area contributed by atoms with Crippen molar-refractivity contribution in [2.24, 2.45) is 0 Å². The molecule has 2 heterocycles. The third-order valence-corrected chi connectivity index (χ3v) is 3.84. The second-order valence-electron chi connectivity index (χ2n) is 6.14. The summed E-state index contributed by atoms with van der Waals surface area (Å²) in [5.74, 6) is 0.00154. The summed E-state index contributed by atoms with van der Waals surface area (Å²) >= 11 is 0. The number of aromatic nitrogens is 2. The van der Waals surface area contributed by atoms with Gasteiger partial charge in [-0.2, -0.15) is 0 Å². The van der Waals surface area contributed by atoms with E-state index in [-0.39, 0.29) is 5.91 Å². The summed E-state index contributed by atoms with van der Waals surface area (Å²) in [5.41, 5.74) is 4.13. The molecule has 0 aliphatic carbocycles. The number of nitrogens with one attached hydrogen (secondary N) is 1. The molecule has 0 aliphatic heterocycles. The number of rotatable bonds is 6. The second kappa shape index (κ2) is 7.27. The molecular formula is C19H22N4O. The lowest BCUT2D eigenvalue weighted by Crippen LogP contribution is -2.34. The molecule has 0 bridgehead atoms. The van der Waals surface area contributed by atoms with E-state index in [0.29, 0.717) is 13.1 Å². The van der Waals surface area contributed by atoms with Crippen LogP contribution in [0.15, 0.2) is 54.9 Å². The Morgan fingerprint density at radius 3 is 2.83 bits per heavy atom. The summed E-state index contributed by atoms with van der Waals surface area (Å²) in [5, 5.41) is 2.93. The number of hydrogen-bond donors (Lipinski definition) is 1. The Hall–Kier alpha value is -2.66. The van der Waals surface area contributed by atoms with E-state index in [0.717, 1.165) is 17.9 Å². The lowest BCUT2D eigenvalue weighted by atomic mass is 10.2. The van der Waals surface area contributed by atoms with Gasteiger partial charge in [0.05, 0.1) is 18.8 Å². The Morgan fingerprint density at radius 1 is 1.25 bits per heavy atom. The summed E-state index contributed by atoms with van der Waals surface area (Å²) in [6.07, 6.45) is 3.93. The molecule has 0 atom stereocenters. The fraction of sp³-hybridized carbons (Fsp3) is 0.263. The third-order valence-electron chi connectivity index (χ3n) is 3.84. The highest BCUT2D eigenvalue weighted by Gasteiger charge is 2.08. The van der Waals surface area contributed by atoms with Crippen molar-refractivity contribution in [2.45, 2.75) is 20.0 Å². The first-order valence-corrected chi connectivity index (χ1v) is 8.03. The minimum Gasteiger partial charge on any atom is -0.349 e. The monoisotopic (exact) mass is 322 g/mol. The molecule has 0 aliphatic rings. The van der Waals surface area contributed by atoms with E-state index in [1.165, 1.54) is 11.1 Å². The van der Waals surface area contributed by atoms with Crippen LogP contribution in [0.4, 0.5) is 0 Å². The van der Waals surface area contributed by atoms with Crippen LogP contribution in [0, 0.1) is 6.92 Å². The van der Waals surface area contributed by atoms with Crippen molar-refractivity contribution in [3.05, 3.63) is 71.7 Å². The quantitative estimate of drug-likeness (QED) is 0.758. The maximum Gasteiger partial charge on any atom is 0.234 e. The predicted molar refractivity (Wildman–Crippen MR) is 94.6 cm³/mol. The molecule has 5 heteroatoms. The van der Waals surface area contributed by atoms with Crippen molar-refractivity contribution in [2.75, 3.05) is 13.6 Å². The largest absolute Gasteiger partial charge is 0.349 e. The number of carbonyl (C=O) groups is 1. The molecule has 0 radical (unpaired) electrons. The number of pyridine rings is 1. The van der Waals surface area contributed by atoms with Crippen molar-refractivity contribution in [3.8, 4) is 0 Å². The number of benzene rings is 1. The molecule has 3 rings (SSSR count). The summed E-state index contributed by atoms with van der Waals surface area (Å²) in [6.45, 7) is 3.60. The summed E-state index contributed by atoms with van der Waals surface area (Å²) in [6, 6.07) is 14.2. The van der Waals surface area contributed by atoms with Gasteiger partial charge in [-0.3, -0.25) is 9.69 Å². The van der Waals surface area contributed by atoms with Gasteiger partial charge in [0.15, 0.2) is 0 Å². The van der Waals surface area contributed by atoms with Gasteiger partial charge in [0.1, 0.15) is 5.65 Å². The maximum absolute atomic E-state index is 12.1. The van der Waals surface area contributed by atoms with Gasteiger partial charge >= 0.3 is 0 Å². The lowest BCUT2D eigenvalue weighted by molar-refractivity contribution is -0.122. The molecule has 124 valence electrons. The van der Waals surface area contributed by atoms with Crippen LogP contribution in [0.1, 0.15) is 16.8 Å². The normalized spacial score (nSPS) is 11.1. The van der Waals surface area contributed by atoms with E-state index in [2.05, 4.69) is 22.4 Å². The molecule has 5 nitrogen and oxygen atoms in total. The predicted octanol–water partition coefficient (Wildman–Crippen LogP) is 2.39. The van der Waals surface area contributed by atoms with Gasteiger partial charge in [-0.15, -0.1) is 0 Å². The van der Waals surface area contributed by atoms with Crippen LogP contribution in [0.3, 0.4) is 0 Å². The van der Waals surface area contributed by atoms with Crippen LogP contribution in [0.2, 0.25) is 0 Å². The Kier molecular flexibility index (Phi) is 4.91. The van der Waals surface area contributed by atoms with Crippen molar-refractivity contribution in [3.63, 3.8) is 0 Å². The molecule has 0 fully saturated rings. The van der Waals surface area contributed by atoms with Gasteiger partial charge in [-0.1, -0.05) is 30.3 Å². The fourth-order valence-corrected chi connectivity index (χ4v) is 2.66. The van der Waals surface area contributed by atoms with E-state index in [1.807, 2.05) is 66.0 Å². The number of carbonyl (C=O) groups excluding carboxylic acids is 1. The average molecular weight is 322 g/mol. The van der Waals surface area contributed by atoms with E-state index < -0.39 is 0 Å². The summed E-state index contributed by atoms with van der Waals surface area (Å²) in [7, 11) is 1.94. The van der Waals surface area contributed by atoms with Gasteiger partial charge < -0.3 is 9.72 Å². The number of aryl methyl sites for hydroxylation is 1. The highest BCUT2D eigenvalue weighted by Crippen LogP contribution is 2.07. The van der Waals surface area contributed by atoms with Crippen LogP contribution in [-0.4, -0.2) is 33.8 Å². The molecule has 1 N–H and O–H groups in total. The Balaban J connectivity index is 1.51. The SMILES string of the molecule is Cc1ccn2cc(CNC(=O)CN(C)Cc3ccccc3)nc2c1. The molecule has 2 aromatic heterocycles. The number of fused-ring (bicyclic) bond motifs is 1. The van der Waals surface area contributed by atoms with Crippen LogP contribution in [0.25, 0.3) is 5.65 Å². The molecule has 3 aromatic rings. The summed E-state index contributed by atoms with van der Waals surface area (Å²) < 4.78 is 1.97. The molecule has 0 saturated carbocycles. The number of hydrogen-bond acceptors (Lipinski definition) is 3. The number of amides is 1. The van der Waals surface area contributed by atoms with Crippen LogP contribution in [-0.2, 0) is 17.9 Å². The average Bonchev–Trinajstić information content (AvgIpc) is 2.95. The molecular weight excluding hydrogens is 300 g/mol. The lowest BCUT2D eigenvalue weighted by Gasteiger charge is -2.16. The minimum atomic E-state index is 0.00154. The summed E-state index contributed by atoms with van der Waals surface area (Å²) in [4.78, 5) is 18.6. The first-order valence-electron chi connectivity index (χ1n) is 8.03. The molecule has 1 aromatic carbocycles. The number of nitrogens with zero attached hydrogens (tertiary/aromatic N) is 3. The molecule has 1 amide bonds. The Labute approximate surface area is 141 Å². The van der Waals surface area contributed by atoms with Gasteiger partial charge in [0.2, 0.25) is 5.91 Å². The van der Waals surface area contributed by atoms with Crippen molar-refractivity contribution < 1.29 is 4.79 Å². The van der Waals surface area contributed by atoms with Crippen LogP contribution in [0.5, 0.6) is 0 Å². The van der Waals surface area contributed by atoms with Crippen LogP contribution >= 0.6 is 0 Å². The molecule has 0 unspecified atom stereocenters. The highest BCUT2D eigenvalue weighted by atomic mass is 16.2. The van der Waals surface area contributed by atoms with E-state index in [9.17, 15) is 4.79 Å². The zero-order valence-corrected chi connectivity index (χ0v) is 14.1. The molecule has 0 saturated heterocycles. The third kappa shape index (κ3) is 4.20. The van der Waals surface area contributed by atoms with Gasteiger partial charge in [-0.05, 0) is 37.2 Å². The van der Waals surface area contributed by atoms with Gasteiger partial charge in [0, 0.05) is 18.9 Å². The van der Waals surface area contributed by atoms with E-state index in [1.54, 1.807) is 0 Å². The van der Waals surface area contributed by atoms with Crippen molar-refractivity contribution >= 4 is 11.6 Å². The van der Waals surface area contributed by atoms with Gasteiger partial charge in [-0.25, -0.2) is 4.98 Å². The zero-order chi connectivity index (χ0) is 16.9. The minimum absolute atomic E-state index is 0.00154. The van der Waals surface area contributed by atoms with Crippen molar-refractivity contribution in [1.29, 1.82) is 0 Å². The van der Waals surface area contributed by atoms with Crippen LogP contribution < -0.4 is 5.32 Å². The van der Waals surface area contributed by atoms with E-state index >= 15 is 0 Å². The molecule has 24 heavy (non-hydrogen) atoms. The Bertz CT molecular complexity index is 826. The molecule has 0 spiro atoms. The first kappa shape index (κ1) is 16.2. The van der Waals surface area contributed by atoms with Crippen molar-refractivity contribution in [1.82, 2.24) is 19.6 Å². The van der Waals surface area contributed by atoms with Gasteiger partial charge in [0.25, 0.3) is 0 Å². The highest BCUT2D eigenvalue weighted by molar-refractivity contribution is 5.77. The first-order chi connectivity index (χ1) is 11.6. The van der Waals surface area contributed by atoms with E-state index in [4.69, 9.17) is 0 Å². The fourth-order valence-electron chi connectivity index (χ4n) is 2.66. The smallest absolute Gasteiger partial charge is 0.234 e. The standard InChI is InChI=1S/C19H22N4O/c1-15-8-9-23-13-17(21-18(23)10-15)11-20-19(24)14-22(2)12-16-6-4-3-5-7-16/h3-10,13H,11-12,14H2,1-2H3,(H,20,24). The number of likely N-dealkylation sites (N-methyl/N-ethyl adjacent to an activating group) is 1. The number of imidazole rings is 1. The maximum atomic E-state index is 12.1. The second-order valence-corrected chi connectivity index (χ2v) is 6.14. The topological polar surface area (TPSA) is 49.6 Å². The Morgan fingerprint density at radius 2 is 2.04 bits per heavy atom. The zero-order valence-electron chi connectivity index (χ0n) is 14.1.